The number of carbonyl (C=O) groups is 1. The van der Waals surface area contributed by atoms with E-state index < -0.39 is 5.82 Å². The molecule has 1 rings (SSSR count). The number of ether oxygens (including phenoxy) is 1. The predicted molar refractivity (Wildman–Crippen MR) is 88.7 cm³/mol. The highest BCUT2D eigenvalue weighted by Crippen LogP contribution is 2.32. The number of carbonyl (C=O) groups excluding carboxylic acids is 1. The normalized spacial score (nSPS) is 10.8. The quantitative estimate of drug-likeness (QED) is 0.309. The van der Waals surface area contributed by atoms with Gasteiger partial charge in [-0.25, -0.2) is 9.40 Å². The van der Waals surface area contributed by atoms with Gasteiger partial charge in [0.1, 0.15) is 5.82 Å². The Morgan fingerprint density at radius 2 is 2.18 bits per heavy atom. The maximum absolute atomic E-state index is 13.9. The third-order valence-electron chi connectivity index (χ3n) is 2.82. The molecule has 0 aliphatic rings. The lowest BCUT2D eigenvalue weighted by atomic mass is 10.3. The Bertz CT molecular complexity index is 505. The fraction of sp³-hybridized carbons (Fsp3) is 0.500. The van der Waals surface area contributed by atoms with E-state index in [9.17, 15) is 9.18 Å². The number of nitrogens with one attached hydrogen (secondary N) is 2. The summed E-state index contributed by atoms with van der Waals surface area (Å²) in [5.41, 5.74) is 3.49. The van der Waals surface area contributed by atoms with Crippen LogP contribution in [-0.4, -0.2) is 43.6 Å². The molecular weight excluding hydrogens is 329 g/mol. The first-order chi connectivity index (χ1) is 10.5. The van der Waals surface area contributed by atoms with E-state index in [2.05, 4.69) is 15.5 Å². The van der Waals surface area contributed by atoms with E-state index >= 15 is 0 Å². The van der Waals surface area contributed by atoms with Crippen LogP contribution in [0.4, 0.5) is 10.1 Å². The largest absolute Gasteiger partial charge is 0.468 e. The highest BCUT2D eigenvalue weighted by atomic mass is 35.5. The highest BCUT2D eigenvalue weighted by molar-refractivity contribution is 8.00. The standard InChI is InChI=1S/C14H21ClFN3O2S/c1-4-18-19(5-2)9-17-12-7-13(10(15)6-11(12)16)22-8-14(20)21-3/h6-7,17-18H,4-5,8-9H2,1-3H3. The minimum absolute atomic E-state index is 0.125. The van der Waals surface area contributed by atoms with Crippen LogP contribution in [0.3, 0.4) is 0 Å². The fourth-order valence-corrected chi connectivity index (χ4v) is 2.76. The van der Waals surface area contributed by atoms with Gasteiger partial charge in [0, 0.05) is 18.0 Å². The SMILES string of the molecule is CCNN(CC)CNc1cc(SCC(=O)OC)c(Cl)cc1F. The van der Waals surface area contributed by atoms with Crippen molar-refractivity contribution in [2.75, 3.05) is 37.9 Å². The van der Waals surface area contributed by atoms with Crippen LogP contribution in [0.15, 0.2) is 17.0 Å². The van der Waals surface area contributed by atoms with Gasteiger partial charge >= 0.3 is 5.97 Å². The van der Waals surface area contributed by atoms with Crippen LogP contribution in [0.2, 0.25) is 5.02 Å². The Kier molecular flexibility index (Phi) is 8.55. The average Bonchev–Trinajstić information content (AvgIpc) is 2.51. The van der Waals surface area contributed by atoms with E-state index in [1.165, 1.54) is 24.9 Å². The summed E-state index contributed by atoms with van der Waals surface area (Å²) in [6.45, 7) is 6.01. The molecule has 0 saturated heterocycles. The number of hydrogen-bond donors (Lipinski definition) is 2. The second kappa shape index (κ2) is 9.89. The molecule has 0 unspecified atom stereocenters. The molecule has 2 N–H and O–H groups in total. The summed E-state index contributed by atoms with van der Waals surface area (Å²) < 4.78 is 18.5. The Hall–Kier alpha value is -1.02. The third-order valence-corrected chi connectivity index (χ3v) is 4.27. The Balaban J connectivity index is 2.75. The van der Waals surface area contributed by atoms with Crippen LogP contribution in [0, 0.1) is 5.82 Å². The zero-order valence-electron chi connectivity index (χ0n) is 12.9. The predicted octanol–water partition coefficient (Wildman–Crippen LogP) is 2.96. The fourth-order valence-electron chi connectivity index (χ4n) is 1.65. The maximum atomic E-state index is 13.9. The van der Waals surface area contributed by atoms with Crippen molar-refractivity contribution in [3.8, 4) is 0 Å². The summed E-state index contributed by atoms with van der Waals surface area (Å²) in [7, 11) is 1.32. The lowest BCUT2D eigenvalue weighted by Crippen LogP contribution is -2.41. The number of anilines is 1. The molecule has 0 aliphatic heterocycles. The molecule has 0 amide bonds. The number of rotatable bonds is 9. The Morgan fingerprint density at radius 3 is 2.77 bits per heavy atom. The Labute approximate surface area is 139 Å². The second-order valence-electron chi connectivity index (χ2n) is 4.33. The van der Waals surface area contributed by atoms with E-state index in [0.29, 0.717) is 17.3 Å². The molecule has 0 spiro atoms. The van der Waals surface area contributed by atoms with Crippen LogP contribution in [-0.2, 0) is 9.53 Å². The molecule has 0 saturated carbocycles. The molecule has 0 bridgehead atoms. The smallest absolute Gasteiger partial charge is 0.315 e. The first-order valence-electron chi connectivity index (χ1n) is 6.92. The molecule has 0 aromatic heterocycles. The molecule has 0 fully saturated rings. The van der Waals surface area contributed by atoms with E-state index in [0.717, 1.165) is 13.1 Å². The molecule has 0 heterocycles. The third kappa shape index (κ3) is 6.00. The summed E-state index contributed by atoms with van der Waals surface area (Å²) in [4.78, 5) is 11.8. The van der Waals surface area contributed by atoms with Crippen LogP contribution in [0.1, 0.15) is 13.8 Å². The lowest BCUT2D eigenvalue weighted by Gasteiger charge is -2.22. The molecule has 0 aliphatic carbocycles. The number of halogens is 2. The van der Waals surface area contributed by atoms with Gasteiger partial charge in [-0.15, -0.1) is 11.8 Å². The van der Waals surface area contributed by atoms with E-state index in [-0.39, 0.29) is 16.7 Å². The lowest BCUT2D eigenvalue weighted by molar-refractivity contribution is -0.137. The van der Waals surface area contributed by atoms with Crippen molar-refractivity contribution in [3.63, 3.8) is 0 Å². The van der Waals surface area contributed by atoms with Gasteiger partial charge in [0.25, 0.3) is 0 Å². The van der Waals surface area contributed by atoms with Gasteiger partial charge < -0.3 is 10.1 Å². The zero-order valence-corrected chi connectivity index (χ0v) is 14.5. The number of thioether (sulfide) groups is 1. The Morgan fingerprint density at radius 1 is 1.45 bits per heavy atom. The summed E-state index contributed by atoms with van der Waals surface area (Å²) in [6, 6.07) is 2.85. The summed E-state index contributed by atoms with van der Waals surface area (Å²) in [6.07, 6.45) is 0. The minimum atomic E-state index is -0.431. The zero-order chi connectivity index (χ0) is 16.5. The van der Waals surface area contributed by atoms with Gasteiger partial charge in [0.05, 0.1) is 30.2 Å². The van der Waals surface area contributed by atoms with Crippen molar-refractivity contribution in [2.45, 2.75) is 18.7 Å². The summed E-state index contributed by atoms with van der Waals surface area (Å²) in [5, 5.41) is 5.22. The average molecular weight is 350 g/mol. The van der Waals surface area contributed by atoms with Crippen molar-refractivity contribution < 1.29 is 13.9 Å². The van der Waals surface area contributed by atoms with Crippen molar-refractivity contribution in [2.24, 2.45) is 0 Å². The van der Waals surface area contributed by atoms with Crippen LogP contribution < -0.4 is 10.7 Å². The van der Waals surface area contributed by atoms with Crippen molar-refractivity contribution >= 4 is 35.0 Å². The summed E-state index contributed by atoms with van der Waals surface area (Å²) in [5.74, 6) is -0.663. The number of hydrogen-bond acceptors (Lipinski definition) is 6. The van der Waals surface area contributed by atoms with Gasteiger partial charge in [0.15, 0.2) is 0 Å². The first-order valence-corrected chi connectivity index (χ1v) is 8.29. The van der Waals surface area contributed by atoms with Crippen molar-refractivity contribution in [1.29, 1.82) is 0 Å². The van der Waals surface area contributed by atoms with Gasteiger partial charge in [-0.1, -0.05) is 25.4 Å². The van der Waals surface area contributed by atoms with E-state index in [4.69, 9.17) is 11.6 Å². The van der Waals surface area contributed by atoms with E-state index in [1.807, 2.05) is 18.9 Å². The minimum Gasteiger partial charge on any atom is -0.468 e. The van der Waals surface area contributed by atoms with Gasteiger partial charge in [-0.3, -0.25) is 10.2 Å². The molecule has 8 heteroatoms. The van der Waals surface area contributed by atoms with E-state index in [1.54, 1.807) is 6.07 Å². The first kappa shape index (κ1) is 19.0. The molecule has 124 valence electrons. The van der Waals surface area contributed by atoms with Crippen molar-refractivity contribution in [1.82, 2.24) is 10.4 Å². The van der Waals surface area contributed by atoms with Gasteiger partial charge in [0.2, 0.25) is 0 Å². The monoisotopic (exact) mass is 349 g/mol. The van der Waals surface area contributed by atoms with Crippen LogP contribution >= 0.6 is 23.4 Å². The molecular formula is C14H21ClFN3O2S. The number of esters is 1. The summed E-state index contributed by atoms with van der Waals surface area (Å²) >= 11 is 7.21. The second-order valence-corrected chi connectivity index (χ2v) is 5.75. The highest BCUT2D eigenvalue weighted by Gasteiger charge is 2.12. The topological polar surface area (TPSA) is 53.6 Å². The number of hydrazine groups is 1. The molecule has 0 atom stereocenters. The van der Waals surface area contributed by atoms with Crippen LogP contribution in [0.5, 0.6) is 0 Å². The molecule has 1 aromatic carbocycles. The van der Waals surface area contributed by atoms with Gasteiger partial charge in [-0.2, -0.15) is 0 Å². The molecule has 1 aromatic rings. The van der Waals surface area contributed by atoms with Crippen molar-refractivity contribution in [3.05, 3.63) is 23.0 Å². The molecule has 5 nitrogen and oxygen atoms in total. The molecule has 22 heavy (non-hydrogen) atoms. The maximum Gasteiger partial charge on any atom is 0.315 e. The number of methoxy groups -OCH3 is 1. The molecule has 0 radical (unpaired) electrons. The van der Waals surface area contributed by atoms with Gasteiger partial charge in [-0.05, 0) is 12.1 Å². The van der Waals surface area contributed by atoms with Crippen LogP contribution in [0.25, 0.3) is 0 Å². The number of nitrogens with zero attached hydrogens (tertiary/aromatic N) is 1. The number of benzene rings is 1.